The van der Waals surface area contributed by atoms with E-state index in [4.69, 9.17) is 20.8 Å². The second-order valence-corrected chi connectivity index (χ2v) is 4.29. The van der Waals surface area contributed by atoms with Crippen LogP contribution in [0.1, 0.15) is 29.2 Å². The molecule has 0 saturated heterocycles. The fraction of sp³-hybridized carbons (Fsp3) is 0.286. The van der Waals surface area contributed by atoms with Crippen molar-refractivity contribution in [1.29, 1.82) is 0 Å². The minimum Gasteiger partial charge on any atom is -0.494 e. The Hall–Kier alpha value is -1.41. The van der Waals surface area contributed by atoms with Crippen LogP contribution in [-0.4, -0.2) is 6.61 Å². The lowest BCUT2D eigenvalue weighted by atomic mass is 10.1. The van der Waals surface area contributed by atoms with Crippen LogP contribution >= 0.6 is 11.6 Å². The lowest BCUT2D eigenvalue weighted by Crippen LogP contribution is -2.00. The number of rotatable bonds is 4. The van der Waals surface area contributed by atoms with Crippen LogP contribution in [0, 0.1) is 6.92 Å². The van der Waals surface area contributed by atoms with Crippen molar-refractivity contribution >= 4 is 11.6 Å². The highest BCUT2D eigenvalue weighted by Gasteiger charge is 2.18. The minimum absolute atomic E-state index is 0.313. The van der Waals surface area contributed by atoms with E-state index < -0.39 is 0 Å². The molecule has 2 rings (SSSR count). The van der Waals surface area contributed by atoms with Crippen LogP contribution in [0.3, 0.4) is 0 Å². The van der Waals surface area contributed by atoms with Gasteiger partial charge in [-0.1, -0.05) is 17.7 Å². The fourth-order valence-electron chi connectivity index (χ4n) is 1.74. The van der Waals surface area contributed by atoms with Gasteiger partial charge < -0.3 is 9.15 Å². The highest BCUT2D eigenvalue weighted by atomic mass is 35.5. The van der Waals surface area contributed by atoms with Crippen LogP contribution in [0.15, 0.2) is 41.0 Å². The highest BCUT2D eigenvalue weighted by molar-refractivity contribution is 6.22. The van der Waals surface area contributed by atoms with Crippen molar-refractivity contribution in [3.05, 3.63) is 53.5 Å². The van der Waals surface area contributed by atoms with E-state index >= 15 is 0 Å². The van der Waals surface area contributed by atoms with E-state index in [0.29, 0.717) is 6.61 Å². The number of hydrogen-bond acceptors (Lipinski definition) is 2. The van der Waals surface area contributed by atoms with Crippen molar-refractivity contribution in [2.24, 2.45) is 0 Å². The Kier molecular flexibility index (Phi) is 3.75. The van der Waals surface area contributed by atoms with Crippen molar-refractivity contribution in [3.8, 4) is 5.75 Å². The quantitative estimate of drug-likeness (QED) is 0.755. The number of alkyl halides is 1. The molecule has 1 aromatic carbocycles. The maximum absolute atomic E-state index is 6.41. The van der Waals surface area contributed by atoms with Gasteiger partial charge in [0.05, 0.1) is 12.9 Å². The predicted molar refractivity (Wildman–Crippen MR) is 68.8 cm³/mol. The summed E-state index contributed by atoms with van der Waals surface area (Å²) < 4.78 is 10.9. The number of hydrogen-bond donors (Lipinski definition) is 0. The van der Waals surface area contributed by atoms with Gasteiger partial charge in [-0.25, -0.2) is 0 Å². The summed E-state index contributed by atoms with van der Waals surface area (Å²) in [6, 6.07) is 9.70. The van der Waals surface area contributed by atoms with Gasteiger partial charge in [0.2, 0.25) is 0 Å². The third kappa shape index (κ3) is 2.64. The first-order valence-corrected chi connectivity index (χ1v) is 6.07. The Bertz CT molecular complexity index is 477. The SMILES string of the molecule is CCOc1ccc(C)cc1C(Cl)c1ccco1. The van der Waals surface area contributed by atoms with Gasteiger partial charge in [-0.15, -0.1) is 11.6 Å². The normalized spacial score (nSPS) is 12.4. The van der Waals surface area contributed by atoms with Gasteiger partial charge >= 0.3 is 0 Å². The lowest BCUT2D eigenvalue weighted by molar-refractivity contribution is 0.336. The van der Waals surface area contributed by atoms with Crippen molar-refractivity contribution in [2.45, 2.75) is 19.2 Å². The first-order valence-electron chi connectivity index (χ1n) is 5.63. The minimum atomic E-state index is -0.313. The van der Waals surface area contributed by atoms with Crippen LogP contribution in [0.2, 0.25) is 0 Å². The molecule has 0 aliphatic rings. The number of furan rings is 1. The summed E-state index contributed by atoms with van der Waals surface area (Å²) in [5, 5.41) is -0.313. The van der Waals surface area contributed by atoms with E-state index in [1.54, 1.807) is 6.26 Å². The second-order valence-electron chi connectivity index (χ2n) is 3.85. The largest absolute Gasteiger partial charge is 0.494 e. The molecular formula is C14H15ClO2. The summed E-state index contributed by atoms with van der Waals surface area (Å²) in [6.45, 7) is 4.61. The topological polar surface area (TPSA) is 22.4 Å². The van der Waals surface area contributed by atoms with Crippen molar-refractivity contribution in [1.82, 2.24) is 0 Å². The monoisotopic (exact) mass is 250 g/mol. The maximum atomic E-state index is 6.41. The highest BCUT2D eigenvalue weighted by Crippen LogP contribution is 2.35. The molecule has 1 atom stereocenters. The van der Waals surface area contributed by atoms with E-state index in [9.17, 15) is 0 Å². The van der Waals surface area contributed by atoms with Gasteiger partial charge in [-0.2, -0.15) is 0 Å². The molecule has 2 aromatic rings. The Labute approximate surface area is 106 Å². The molecule has 0 N–H and O–H groups in total. The zero-order chi connectivity index (χ0) is 12.3. The smallest absolute Gasteiger partial charge is 0.126 e. The molecule has 0 bridgehead atoms. The van der Waals surface area contributed by atoms with Crippen LogP contribution in [-0.2, 0) is 0 Å². The number of benzene rings is 1. The van der Waals surface area contributed by atoms with Gasteiger partial charge in [0.15, 0.2) is 0 Å². The van der Waals surface area contributed by atoms with E-state index in [0.717, 1.165) is 22.6 Å². The average Bonchev–Trinajstić information content (AvgIpc) is 2.84. The molecule has 0 saturated carbocycles. The zero-order valence-corrected chi connectivity index (χ0v) is 10.7. The molecule has 2 nitrogen and oxygen atoms in total. The molecule has 0 spiro atoms. The van der Waals surface area contributed by atoms with Crippen LogP contribution < -0.4 is 4.74 Å². The van der Waals surface area contributed by atoms with Crippen molar-refractivity contribution in [2.75, 3.05) is 6.61 Å². The standard InChI is InChI=1S/C14H15ClO2/c1-3-16-12-7-6-10(2)9-11(12)14(15)13-5-4-8-17-13/h4-9,14H,3H2,1-2H3. The van der Waals surface area contributed by atoms with Gasteiger partial charge in [0, 0.05) is 5.56 Å². The number of halogens is 1. The number of ether oxygens (including phenoxy) is 1. The van der Waals surface area contributed by atoms with Gasteiger partial charge in [-0.05, 0) is 32.0 Å². The van der Waals surface area contributed by atoms with Crippen molar-refractivity contribution < 1.29 is 9.15 Å². The third-order valence-electron chi connectivity index (χ3n) is 2.53. The average molecular weight is 251 g/mol. The lowest BCUT2D eigenvalue weighted by Gasteiger charge is -2.14. The van der Waals surface area contributed by atoms with Gasteiger partial charge in [0.1, 0.15) is 16.9 Å². The Morgan fingerprint density at radius 1 is 1.35 bits per heavy atom. The van der Waals surface area contributed by atoms with Crippen LogP contribution in [0.4, 0.5) is 0 Å². The van der Waals surface area contributed by atoms with Crippen molar-refractivity contribution in [3.63, 3.8) is 0 Å². The molecule has 0 aliphatic carbocycles. The third-order valence-corrected chi connectivity index (χ3v) is 2.98. The second kappa shape index (κ2) is 5.28. The Balaban J connectivity index is 2.38. The molecule has 1 unspecified atom stereocenters. The summed E-state index contributed by atoms with van der Waals surface area (Å²) in [7, 11) is 0. The Morgan fingerprint density at radius 3 is 2.82 bits per heavy atom. The molecule has 1 heterocycles. The number of aryl methyl sites for hydroxylation is 1. The molecule has 90 valence electrons. The zero-order valence-electron chi connectivity index (χ0n) is 9.94. The fourth-order valence-corrected chi connectivity index (χ4v) is 2.04. The molecule has 3 heteroatoms. The molecule has 17 heavy (non-hydrogen) atoms. The Morgan fingerprint density at radius 2 is 2.18 bits per heavy atom. The molecule has 1 aromatic heterocycles. The van der Waals surface area contributed by atoms with Gasteiger partial charge in [-0.3, -0.25) is 0 Å². The van der Waals surface area contributed by atoms with E-state index in [2.05, 4.69) is 0 Å². The summed E-state index contributed by atoms with van der Waals surface area (Å²) in [5.41, 5.74) is 2.10. The molecule has 0 fully saturated rings. The summed E-state index contributed by atoms with van der Waals surface area (Å²) in [5.74, 6) is 1.55. The first kappa shape index (κ1) is 12.1. The van der Waals surface area contributed by atoms with Crippen LogP contribution in [0.5, 0.6) is 5.75 Å². The van der Waals surface area contributed by atoms with Crippen LogP contribution in [0.25, 0.3) is 0 Å². The summed E-state index contributed by atoms with van der Waals surface area (Å²) in [4.78, 5) is 0. The summed E-state index contributed by atoms with van der Waals surface area (Å²) in [6.07, 6.45) is 1.63. The van der Waals surface area contributed by atoms with E-state index in [1.807, 2.05) is 44.2 Å². The first-order chi connectivity index (χ1) is 8.22. The molecule has 0 amide bonds. The van der Waals surface area contributed by atoms with E-state index in [1.165, 1.54) is 0 Å². The van der Waals surface area contributed by atoms with Gasteiger partial charge in [0.25, 0.3) is 0 Å². The molecule has 0 radical (unpaired) electrons. The predicted octanol–water partition coefficient (Wildman–Crippen LogP) is 4.31. The molecular weight excluding hydrogens is 236 g/mol. The summed E-state index contributed by atoms with van der Waals surface area (Å²) >= 11 is 6.41. The van der Waals surface area contributed by atoms with E-state index in [-0.39, 0.29) is 5.38 Å². The maximum Gasteiger partial charge on any atom is 0.126 e. The molecule has 0 aliphatic heterocycles.